The van der Waals surface area contributed by atoms with Crippen LogP contribution in [0.4, 0.5) is 11.4 Å². The van der Waals surface area contributed by atoms with Crippen LogP contribution in [0, 0.1) is 16.0 Å². The van der Waals surface area contributed by atoms with E-state index in [1.54, 1.807) is 13.1 Å². The maximum absolute atomic E-state index is 10.7. The largest absolute Gasteiger partial charge is 0.493 e. The number of nitro groups is 1. The van der Waals surface area contributed by atoms with Crippen molar-refractivity contribution in [2.45, 2.75) is 12.8 Å². The molecule has 0 spiro atoms. The second kappa shape index (κ2) is 4.38. The van der Waals surface area contributed by atoms with Crippen LogP contribution in [0.1, 0.15) is 12.8 Å². The highest BCUT2D eigenvalue weighted by atomic mass is 16.6. The molecule has 0 aliphatic heterocycles. The Morgan fingerprint density at radius 1 is 1.50 bits per heavy atom. The monoisotopic (exact) mass is 222 g/mol. The zero-order chi connectivity index (χ0) is 11.5. The number of nitrogens with zero attached hydrogens (tertiary/aromatic N) is 1. The van der Waals surface area contributed by atoms with Crippen LogP contribution < -0.4 is 10.1 Å². The second-order valence-corrected chi connectivity index (χ2v) is 3.98. The second-order valence-electron chi connectivity index (χ2n) is 3.98. The zero-order valence-electron chi connectivity index (χ0n) is 9.10. The van der Waals surface area contributed by atoms with Gasteiger partial charge in [-0.25, -0.2) is 0 Å². The molecule has 0 amide bonds. The Labute approximate surface area is 93.6 Å². The molecule has 1 aliphatic carbocycles. The highest BCUT2D eigenvalue weighted by molar-refractivity contribution is 5.56. The van der Waals surface area contributed by atoms with Gasteiger partial charge in [0.1, 0.15) is 5.75 Å². The lowest BCUT2D eigenvalue weighted by molar-refractivity contribution is -0.384. The molecular weight excluding hydrogens is 208 g/mol. The summed E-state index contributed by atoms with van der Waals surface area (Å²) in [7, 11) is 1.73. The van der Waals surface area contributed by atoms with Crippen LogP contribution in [0.5, 0.6) is 5.75 Å². The minimum Gasteiger partial charge on any atom is -0.493 e. The summed E-state index contributed by atoms with van der Waals surface area (Å²) in [5, 5.41) is 13.6. The van der Waals surface area contributed by atoms with Gasteiger partial charge in [-0.2, -0.15) is 0 Å². The van der Waals surface area contributed by atoms with Gasteiger partial charge in [-0.3, -0.25) is 10.1 Å². The van der Waals surface area contributed by atoms with Crippen molar-refractivity contribution in [2.75, 3.05) is 19.0 Å². The third-order valence-corrected chi connectivity index (χ3v) is 2.57. The predicted octanol–water partition coefficient (Wildman–Crippen LogP) is 2.43. The predicted molar refractivity (Wildman–Crippen MR) is 60.9 cm³/mol. The first-order valence-corrected chi connectivity index (χ1v) is 5.29. The quantitative estimate of drug-likeness (QED) is 0.613. The van der Waals surface area contributed by atoms with Gasteiger partial charge >= 0.3 is 0 Å². The van der Waals surface area contributed by atoms with Crippen molar-refractivity contribution in [1.82, 2.24) is 0 Å². The minimum absolute atomic E-state index is 0.0534. The molecule has 0 radical (unpaired) electrons. The van der Waals surface area contributed by atoms with Crippen LogP contribution in [0.3, 0.4) is 0 Å². The molecule has 0 heterocycles. The van der Waals surface area contributed by atoms with Gasteiger partial charge in [0.05, 0.1) is 17.6 Å². The summed E-state index contributed by atoms with van der Waals surface area (Å²) < 4.78 is 5.52. The van der Waals surface area contributed by atoms with Crippen LogP contribution in [-0.2, 0) is 0 Å². The molecular formula is C11H14N2O3. The zero-order valence-corrected chi connectivity index (χ0v) is 9.10. The van der Waals surface area contributed by atoms with E-state index in [0.717, 1.165) is 0 Å². The van der Waals surface area contributed by atoms with E-state index in [9.17, 15) is 10.1 Å². The fourth-order valence-electron chi connectivity index (χ4n) is 1.42. The molecule has 0 saturated heterocycles. The Balaban J connectivity index is 2.14. The third-order valence-electron chi connectivity index (χ3n) is 2.57. The molecule has 5 heteroatoms. The van der Waals surface area contributed by atoms with E-state index in [0.29, 0.717) is 24.0 Å². The van der Waals surface area contributed by atoms with Gasteiger partial charge < -0.3 is 10.1 Å². The lowest BCUT2D eigenvalue weighted by Gasteiger charge is -2.07. The van der Waals surface area contributed by atoms with Crippen LogP contribution in [-0.4, -0.2) is 18.6 Å². The van der Waals surface area contributed by atoms with E-state index in [1.165, 1.54) is 25.0 Å². The molecule has 86 valence electrons. The fourth-order valence-corrected chi connectivity index (χ4v) is 1.42. The average molecular weight is 222 g/mol. The van der Waals surface area contributed by atoms with Gasteiger partial charge in [0.25, 0.3) is 5.69 Å². The van der Waals surface area contributed by atoms with Gasteiger partial charge in [0, 0.05) is 24.9 Å². The van der Waals surface area contributed by atoms with Crippen molar-refractivity contribution in [2.24, 2.45) is 5.92 Å². The number of ether oxygens (including phenoxy) is 1. The summed E-state index contributed by atoms with van der Waals surface area (Å²) in [6, 6.07) is 4.72. The molecule has 1 aliphatic rings. The van der Waals surface area contributed by atoms with Gasteiger partial charge in [-0.15, -0.1) is 0 Å². The maximum Gasteiger partial charge on any atom is 0.275 e. The average Bonchev–Trinajstić information content (AvgIpc) is 3.09. The van der Waals surface area contributed by atoms with E-state index in [-0.39, 0.29) is 5.69 Å². The number of nitrogens with one attached hydrogen (secondary N) is 1. The standard InChI is InChI=1S/C11H14N2O3/c1-12-9-4-10(13(14)15)6-11(5-9)16-7-8-2-3-8/h4-6,8,12H,2-3,7H2,1H3. The van der Waals surface area contributed by atoms with E-state index >= 15 is 0 Å². The topological polar surface area (TPSA) is 64.4 Å². The van der Waals surface area contributed by atoms with Crippen molar-refractivity contribution in [3.05, 3.63) is 28.3 Å². The van der Waals surface area contributed by atoms with E-state index in [1.807, 2.05) is 0 Å². The smallest absolute Gasteiger partial charge is 0.275 e. The van der Waals surface area contributed by atoms with Crippen LogP contribution in [0.15, 0.2) is 18.2 Å². The van der Waals surface area contributed by atoms with Crippen molar-refractivity contribution in [1.29, 1.82) is 0 Å². The number of hydrogen-bond donors (Lipinski definition) is 1. The number of hydrogen-bond acceptors (Lipinski definition) is 4. The summed E-state index contributed by atoms with van der Waals surface area (Å²) in [5.41, 5.74) is 0.748. The Hall–Kier alpha value is -1.78. The molecule has 0 atom stereocenters. The van der Waals surface area contributed by atoms with E-state index in [4.69, 9.17) is 4.74 Å². The summed E-state index contributed by atoms with van der Waals surface area (Å²) in [4.78, 5) is 10.3. The Morgan fingerprint density at radius 2 is 2.25 bits per heavy atom. The lowest BCUT2D eigenvalue weighted by atomic mass is 10.2. The van der Waals surface area contributed by atoms with Crippen molar-refractivity contribution < 1.29 is 9.66 Å². The van der Waals surface area contributed by atoms with Gasteiger partial charge in [0.15, 0.2) is 0 Å². The lowest BCUT2D eigenvalue weighted by Crippen LogP contribution is -2.00. The normalized spacial score (nSPS) is 14.6. The van der Waals surface area contributed by atoms with Crippen LogP contribution in [0.2, 0.25) is 0 Å². The molecule has 1 N–H and O–H groups in total. The molecule has 2 rings (SSSR count). The number of nitro benzene ring substituents is 1. The van der Waals surface area contributed by atoms with Crippen molar-refractivity contribution >= 4 is 11.4 Å². The molecule has 1 saturated carbocycles. The van der Waals surface area contributed by atoms with Gasteiger partial charge in [-0.1, -0.05) is 0 Å². The first-order valence-electron chi connectivity index (χ1n) is 5.29. The molecule has 5 nitrogen and oxygen atoms in total. The van der Waals surface area contributed by atoms with E-state index < -0.39 is 4.92 Å². The first-order chi connectivity index (χ1) is 7.69. The van der Waals surface area contributed by atoms with Gasteiger partial charge in [-0.05, 0) is 18.8 Å². The van der Waals surface area contributed by atoms with Gasteiger partial charge in [0.2, 0.25) is 0 Å². The highest BCUT2D eigenvalue weighted by Gasteiger charge is 2.22. The highest BCUT2D eigenvalue weighted by Crippen LogP contribution is 2.31. The number of benzene rings is 1. The summed E-state index contributed by atoms with van der Waals surface area (Å²) in [6.45, 7) is 0.657. The van der Waals surface area contributed by atoms with Crippen LogP contribution in [0.25, 0.3) is 0 Å². The molecule has 16 heavy (non-hydrogen) atoms. The summed E-state index contributed by atoms with van der Waals surface area (Å²) in [5.74, 6) is 1.20. The first kappa shape index (κ1) is 10.7. The minimum atomic E-state index is -0.412. The fraction of sp³-hybridized carbons (Fsp3) is 0.455. The SMILES string of the molecule is CNc1cc(OCC2CC2)cc([N+](=O)[O-])c1. The molecule has 1 aromatic carbocycles. The third kappa shape index (κ3) is 2.62. The number of non-ortho nitro benzene ring substituents is 1. The molecule has 1 fully saturated rings. The Morgan fingerprint density at radius 3 is 2.81 bits per heavy atom. The molecule has 0 bridgehead atoms. The summed E-state index contributed by atoms with van der Waals surface area (Å²) in [6.07, 6.45) is 2.40. The maximum atomic E-state index is 10.7. The summed E-state index contributed by atoms with van der Waals surface area (Å²) >= 11 is 0. The molecule has 0 unspecified atom stereocenters. The van der Waals surface area contributed by atoms with Crippen LogP contribution >= 0.6 is 0 Å². The number of rotatable bonds is 5. The molecule has 0 aromatic heterocycles. The Bertz CT molecular complexity index is 402. The Kier molecular flexibility index (Phi) is 2.94. The molecule has 1 aromatic rings. The van der Waals surface area contributed by atoms with Crippen molar-refractivity contribution in [3.63, 3.8) is 0 Å². The van der Waals surface area contributed by atoms with Crippen molar-refractivity contribution in [3.8, 4) is 5.75 Å². The van der Waals surface area contributed by atoms with E-state index in [2.05, 4.69) is 5.32 Å². The number of anilines is 1.